The molecule has 136 valence electrons. The Balaban J connectivity index is 2.24. The number of aliphatic hydroxyl groups excluding tert-OH is 1. The van der Waals surface area contributed by atoms with E-state index in [0.29, 0.717) is 6.54 Å². The molecule has 0 saturated heterocycles. The van der Waals surface area contributed by atoms with Gasteiger partial charge in [-0.05, 0) is 0 Å². The van der Waals surface area contributed by atoms with Gasteiger partial charge < -0.3 is 0 Å². The third-order valence-electron chi connectivity index (χ3n) is 5.12. The Kier molecular flexibility index (Phi) is 6.57. The van der Waals surface area contributed by atoms with Gasteiger partial charge in [0, 0.05) is 0 Å². The van der Waals surface area contributed by atoms with Crippen molar-refractivity contribution >= 4 is 23.2 Å². The van der Waals surface area contributed by atoms with Gasteiger partial charge in [-0.15, -0.1) is 0 Å². The molecule has 3 aromatic carbocycles. The Morgan fingerprint density at radius 1 is 0.692 bits per heavy atom. The molecular formula is C23H28NOP. The van der Waals surface area contributed by atoms with E-state index < -0.39 is 7.26 Å². The Hall–Kier alpha value is -1.99. The fourth-order valence-electron chi connectivity index (χ4n) is 3.77. The molecule has 0 unspecified atom stereocenters. The molecule has 26 heavy (non-hydrogen) atoms. The summed E-state index contributed by atoms with van der Waals surface area (Å²) in [7, 11) is -2.23. The first-order valence-corrected chi connectivity index (χ1v) is 11.5. The van der Waals surface area contributed by atoms with Gasteiger partial charge in [-0.3, -0.25) is 0 Å². The van der Waals surface area contributed by atoms with Crippen molar-refractivity contribution in [3.8, 4) is 0 Å². The van der Waals surface area contributed by atoms with Crippen LogP contribution in [0.2, 0.25) is 0 Å². The molecule has 0 aliphatic carbocycles. The molecule has 0 saturated carbocycles. The topological polar surface area (TPSA) is 23.5 Å². The molecule has 3 aromatic rings. The van der Waals surface area contributed by atoms with Gasteiger partial charge in [-0.25, -0.2) is 0 Å². The van der Waals surface area contributed by atoms with Crippen molar-refractivity contribution < 1.29 is 5.11 Å². The van der Waals surface area contributed by atoms with E-state index in [0.717, 1.165) is 12.8 Å². The molecule has 3 heteroatoms. The molecule has 2 nitrogen and oxygen atoms in total. The Morgan fingerprint density at radius 2 is 1.08 bits per heavy atom. The van der Waals surface area contributed by atoms with Crippen LogP contribution in [0.5, 0.6) is 0 Å². The minimum absolute atomic E-state index is 0.191. The van der Waals surface area contributed by atoms with Gasteiger partial charge in [0.15, 0.2) is 0 Å². The third kappa shape index (κ3) is 3.88. The molecule has 0 amide bonds. The van der Waals surface area contributed by atoms with E-state index in [9.17, 15) is 5.11 Å². The molecule has 0 heterocycles. The second-order valence-electron chi connectivity index (χ2n) is 6.60. The van der Waals surface area contributed by atoms with Crippen molar-refractivity contribution in [1.29, 1.82) is 0 Å². The summed E-state index contributed by atoms with van der Waals surface area (Å²) in [5.41, 5.74) is 0. The van der Waals surface area contributed by atoms with Gasteiger partial charge in [0.05, 0.1) is 0 Å². The molecule has 0 bridgehead atoms. The fraction of sp³-hybridized carbons (Fsp3) is 0.217. The molecule has 0 aromatic heterocycles. The Morgan fingerprint density at radius 3 is 1.38 bits per heavy atom. The van der Waals surface area contributed by atoms with E-state index in [2.05, 4.69) is 103 Å². The van der Waals surface area contributed by atoms with E-state index in [1.165, 1.54) is 15.9 Å². The third-order valence-corrected chi connectivity index (χ3v) is 10.0. The average Bonchev–Trinajstić information content (AvgIpc) is 2.73. The summed E-state index contributed by atoms with van der Waals surface area (Å²) in [6, 6.07) is 32.8. The van der Waals surface area contributed by atoms with Crippen LogP contribution in [-0.4, -0.2) is 36.0 Å². The van der Waals surface area contributed by atoms with Crippen molar-refractivity contribution in [1.82, 2.24) is 4.90 Å². The molecular weight excluding hydrogens is 337 g/mol. The molecule has 0 fully saturated rings. The Labute approximate surface area is 157 Å². The predicted molar refractivity (Wildman–Crippen MR) is 116 cm³/mol. The molecule has 1 N–H and O–H groups in total. The van der Waals surface area contributed by atoms with E-state index in [4.69, 9.17) is 0 Å². The minimum atomic E-state index is -2.23. The van der Waals surface area contributed by atoms with Crippen LogP contribution in [0.3, 0.4) is 0 Å². The second-order valence-corrected chi connectivity index (χ2v) is 10.5. The molecule has 0 aliphatic heterocycles. The van der Waals surface area contributed by atoms with Gasteiger partial charge >= 0.3 is 157 Å². The average molecular weight is 365 g/mol. The van der Waals surface area contributed by atoms with Crippen LogP contribution >= 0.6 is 7.26 Å². The normalized spacial score (nSPS) is 12.3. The van der Waals surface area contributed by atoms with Crippen molar-refractivity contribution in [2.45, 2.75) is 6.92 Å². The fourth-order valence-corrected chi connectivity index (χ4v) is 8.65. The standard InChI is InChI=1S/C23H28NOP/c1-2-24(18-19-25)20-26(21-12-6-3-7-13-21,22-14-8-4-9-15-22)23-16-10-5-11-17-23/h3-17,25-26H,2,18-20H2,1H3. The van der Waals surface area contributed by atoms with Crippen LogP contribution in [0.4, 0.5) is 0 Å². The van der Waals surface area contributed by atoms with Gasteiger partial charge in [-0.2, -0.15) is 0 Å². The first-order valence-electron chi connectivity index (χ1n) is 9.31. The second kappa shape index (κ2) is 9.09. The number of hydrogen-bond donors (Lipinski definition) is 1. The van der Waals surface area contributed by atoms with E-state index in [1.54, 1.807) is 0 Å². The van der Waals surface area contributed by atoms with E-state index >= 15 is 0 Å². The summed E-state index contributed by atoms with van der Waals surface area (Å²) in [5, 5.41) is 13.8. The summed E-state index contributed by atoms with van der Waals surface area (Å²) in [4.78, 5) is 2.39. The van der Waals surface area contributed by atoms with Crippen LogP contribution in [0, 0.1) is 0 Å². The zero-order valence-electron chi connectivity index (χ0n) is 15.4. The number of likely N-dealkylation sites (N-methyl/N-ethyl adjacent to an activating group) is 1. The molecule has 0 atom stereocenters. The number of nitrogens with zero attached hydrogens (tertiary/aromatic N) is 1. The monoisotopic (exact) mass is 365 g/mol. The van der Waals surface area contributed by atoms with Gasteiger partial charge in [0.25, 0.3) is 0 Å². The molecule has 0 aliphatic rings. The Bertz CT molecular complexity index is 680. The van der Waals surface area contributed by atoms with Crippen molar-refractivity contribution in [3.63, 3.8) is 0 Å². The van der Waals surface area contributed by atoms with Crippen molar-refractivity contribution in [3.05, 3.63) is 91.0 Å². The molecule has 0 radical (unpaired) electrons. The van der Waals surface area contributed by atoms with Crippen LogP contribution in [0.25, 0.3) is 0 Å². The SMILES string of the molecule is CCN(CCO)C[PH](c1ccccc1)(c1ccccc1)c1ccccc1. The predicted octanol–water partition coefficient (Wildman–Crippen LogP) is 2.98. The number of aliphatic hydroxyl groups is 1. The van der Waals surface area contributed by atoms with Crippen LogP contribution in [0.15, 0.2) is 91.0 Å². The summed E-state index contributed by atoms with van der Waals surface area (Å²) >= 11 is 0. The quantitative estimate of drug-likeness (QED) is 0.621. The molecule has 0 spiro atoms. The van der Waals surface area contributed by atoms with E-state index in [1.807, 2.05) is 0 Å². The van der Waals surface area contributed by atoms with Gasteiger partial charge in [0.1, 0.15) is 0 Å². The zero-order valence-corrected chi connectivity index (χ0v) is 16.4. The van der Waals surface area contributed by atoms with Crippen molar-refractivity contribution in [2.24, 2.45) is 0 Å². The van der Waals surface area contributed by atoms with Gasteiger partial charge in [0.2, 0.25) is 0 Å². The number of benzene rings is 3. The first kappa shape index (κ1) is 18.8. The van der Waals surface area contributed by atoms with Crippen LogP contribution in [0.1, 0.15) is 6.92 Å². The summed E-state index contributed by atoms with van der Waals surface area (Å²) < 4.78 is 0. The van der Waals surface area contributed by atoms with Crippen molar-refractivity contribution in [2.75, 3.05) is 26.0 Å². The first-order chi connectivity index (χ1) is 12.8. The van der Waals surface area contributed by atoms with Crippen LogP contribution in [-0.2, 0) is 0 Å². The maximum atomic E-state index is 9.55. The number of rotatable bonds is 8. The summed E-state index contributed by atoms with van der Waals surface area (Å²) in [6.45, 7) is 4.01. The zero-order chi connectivity index (χ0) is 18.2. The number of hydrogen-bond acceptors (Lipinski definition) is 2. The van der Waals surface area contributed by atoms with Crippen LogP contribution < -0.4 is 15.9 Å². The molecule has 3 rings (SSSR count). The maximum absolute atomic E-state index is 9.55. The summed E-state index contributed by atoms with van der Waals surface area (Å²) in [6.07, 6.45) is 0.960. The van der Waals surface area contributed by atoms with E-state index in [-0.39, 0.29) is 6.61 Å². The summed E-state index contributed by atoms with van der Waals surface area (Å²) in [5.74, 6) is 0. The van der Waals surface area contributed by atoms with Gasteiger partial charge in [-0.1, -0.05) is 0 Å².